The number of nitrogens with one attached hydrogen (secondary N) is 1. The lowest BCUT2D eigenvalue weighted by Gasteiger charge is -2.10. The summed E-state index contributed by atoms with van der Waals surface area (Å²) in [5.41, 5.74) is 4.12. The van der Waals surface area contributed by atoms with Crippen LogP contribution in [-0.2, 0) is 13.1 Å². The van der Waals surface area contributed by atoms with Gasteiger partial charge in [-0.15, -0.1) is 0 Å². The normalized spacial score (nSPS) is 11.0. The first-order valence-electron chi connectivity index (χ1n) is 9.94. The molecule has 0 saturated heterocycles. The van der Waals surface area contributed by atoms with Crippen molar-refractivity contribution >= 4 is 17.5 Å². The van der Waals surface area contributed by atoms with Crippen LogP contribution in [0.1, 0.15) is 38.8 Å². The van der Waals surface area contributed by atoms with Crippen molar-refractivity contribution in [3.63, 3.8) is 0 Å². The molecular weight excluding hydrogens is 412 g/mol. The first-order chi connectivity index (χ1) is 14.9. The molecule has 0 aliphatic carbocycles. The second-order valence-corrected chi connectivity index (χ2v) is 7.85. The highest BCUT2D eigenvalue weighted by molar-refractivity contribution is 6.33. The van der Waals surface area contributed by atoms with E-state index in [1.54, 1.807) is 23.0 Å². The molecule has 0 aliphatic rings. The third-order valence-electron chi connectivity index (χ3n) is 4.99. The number of pyridine rings is 1. The van der Waals surface area contributed by atoms with Gasteiger partial charge in [0.2, 0.25) is 0 Å². The molecule has 4 aromatic rings. The largest absolute Gasteiger partial charge is 0.347 e. The van der Waals surface area contributed by atoms with Crippen molar-refractivity contribution in [2.45, 2.75) is 33.9 Å². The zero-order valence-electron chi connectivity index (χ0n) is 17.6. The van der Waals surface area contributed by atoms with Gasteiger partial charge < -0.3 is 9.88 Å². The number of amides is 1. The van der Waals surface area contributed by atoms with E-state index < -0.39 is 0 Å². The molecule has 8 heteroatoms. The Kier molecular flexibility index (Phi) is 5.86. The summed E-state index contributed by atoms with van der Waals surface area (Å²) in [5, 5.41) is 7.64. The zero-order chi connectivity index (χ0) is 22.0. The fourth-order valence-electron chi connectivity index (χ4n) is 3.44. The minimum absolute atomic E-state index is 0.178. The average molecular weight is 435 g/mol. The number of benzene rings is 1. The van der Waals surface area contributed by atoms with Gasteiger partial charge in [0.1, 0.15) is 11.5 Å². The van der Waals surface area contributed by atoms with Gasteiger partial charge in [-0.3, -0.25) is 4.79 Å². The van der Waals surface area contributed by atoms with Crippen LogP contribution in [0.2, 0.25) is 5.02 Å². The van der Waals surface area contributed by atoms with E-state index in [-0.39, 0.29) is 11.6 Å². The highest BCUT2D eigenvalue weighted by atomic mass is 35.5. The van der Waals surface area contributed by atoms with Gasteiger partial charge in [-0.05, 0) is 50.1 Å². The second-order valence-electron chi connectivity index (χ2n) is 7.44. The second kappa shape index (κ2) is 8.73. The maximum absolute atomic E-state index is 12.8. The number of carbonyl (C=O) groups is 1. The number of imidazole rings is 1. The Morgan fingerprint density at radius 3 is 2.61 bits per heavy atom. The molecule has 0 bridgehead atoms. The molecule has 0 atom stereocenters. The van der Waals surface area contributed by atoms with E-state index in [1.165, 1.54) is 0 Å². The number of hydrogen-bond donors (Lipinski definition) is 1. The number of nitrogens with zero attached hydrogens (tertiary/aromatic N) is 5. The molecule has 1 aromatic carbocycles. The van der Waals surface area contributed by atoms with Gasteiger partial charge >= 0.3 is 0 Å². The quantitative estimate of drug-likeness (QED) is 0.497. The van der Waals surface area contributed by atoms with E-state index in [0.29, 0.717) is 17.4 Å². The van der Waals surface area contributed by atoms with Crippen molar-refractivity contribution < 1.29 is 4.79 Å². The predicted octanol–water partition coefficient (Wildman–Crippen LogP) is 4.02. The van der Waals surface area contributed by atoms with Crippen molar-refractivity contribution in [3.8, 4) is 5.82 Å². The highest BCUT2D eigenvalue weighted by Crippen LogP contribution is 2.18. The molecule has 0 radical (unpaired) electrons. The minimum atomic E-state index is -0.329. The predicted molar refractivity (Wildman–Crippen MR) is 120 cm³/mol. The van der Waals surface area contributed by atoms with Crippen LogP contribution in [0.15, 0.2) is 54.9 Å². The van der Waals surface area contributed by atoms with Gasteiger partial charge in [-0.1, -0.05) is 35.9 Å². The van der Waals surface area contributed by atoms with Crippen LogP contribution in [0.25, 0.3) is 5.82 Å². The zero-order valence-corrected chi connectivity index (χ0v) is 18.4. The lowest BCUT2D eigenvalue weighted by Crippen LogP contribution is -2.25. The molecule has 0 aliphatic heterocycles. The Hall–Kier alpha value is -3.45. The van der Waals surface area contributed by atoms with Crippen molar-refractivity contribution in [3.05, 3.63) is 93.9 Å². The molecule has 3 aromatic heterocycles. The Bertz CT molecular complexity index is 1240. The van der Waals surface area contributed by atoms with Gasteiger partial charge in [0.05, 0.1) is 10.7 Å². The summed E-state index contributed by atoms with van der Waals surface area (Å²) < 4.78 is 3.77. The summed E-state index contributed by atoms with van der Waals surface area (Å²) in [5.74, 6) is 1.18. The third kappa shape index (κ3) is 4.67. The summed E-state index contributed by atoms with van der Waals surface area (Å²) in [6.45, 7) is 6.92. The van der Waals surface area contributed by atoms with E-state index in [0.717, 1.165) is 34.9 Å². The van der Waals surface area contributed by atoms with Crippen LogP contribution in [0, 0.1) is 20.8 Å². The van der Waals surface area contributed by atoms with Gasteiger partial charge in [-0.2, -0.15) is 5.10 Å². The Labute approximate surface area is 185 Å². The molecule has 4 rings (SSSR count). The van der Waals surface area contributed by atoms with Crippen LogP contribution in [0.3, 0.4) is 0 Å². The fraction of sp³-hybridized carbons (Fsp3) is 0.217. The van der Waals surface area contributed by atoms with E-state index in [4.69, 9.17) is 11.6 Å². The van der Waals surface area contributed by atoms with E-state index in [1.807, 2.05) is 45.2 Å². The molecule has 0 spiro atoms. The molecule has 31 heavy (non-hydrogen) atoms. The van der Waals surface area contributed by atoms with Crippen LogP contribution in [-0.4, -0.2) is 30.2 Å². The number of hydrogen-bond acceptors (Lipinski definition) is 4. The lowest BCUT2D eigenvalue weighted by molar-refractivity contribution is 0.0946. The third-order valence-corrected chi connectivity index (χ3v) is 5.30. The number of aromatic nitrogens is 5. The number of aryl methyl sites for hydroxylation is 3. The van der Waals surface area contributed by atoms with Gasteiger partial charge in [0.25, 0.3) is 5.91 Å². The molecule has 0 fully saturated rings. The molecule has 158 valence electrons. The molecule has 1 N–H and O–H groups in total. The first-order valence-corrected chi connectivity index (χ1v) is 10.3. The van der Waals surface area contributed by atoms with E-state index in [9.17, 15) is 4.79 Å². The number of halogens is 1. The maximum atomic E-state index is 12.8. The summed E-state index contributed by atoms with van der Waals surface area (Å²) in [6, 6.07) is 13.5. The lowest BCUT2D eigenvalue weighted by atomic mass is 10.1. The molecule has 1 amide bonds. The SMILES string of the molecule is Cc1cc(C)n(-c2ccc(Cl)c(C(=O)NCc3cccc(Cn4ccnc4C)c3)n2)n1. The smallest absolute Gasteiger partial charge is 0.271 e. The van der Waals surface area contributed by atoms with Crippen molar-refractivity contribution in [2.24, 2.45) is 0 Å². The van der Waals surface area contributed by atoms with Crippen LogP contribution >= 0.6 is 11.6 Å². The van der Waals surface area contributed by atoms with Gasteiger partial charge in [-0.25, -0.2) is 14.6 Å². The minimum Gasteiger partial charge on any atom is -0.347 e. The first kappa shape index (κ1) is 20.8. The van der Waals surface area contributed by atoms with Crippen LogP contribution in [0.4, 0.5) is 0 Å². The Balaban J connectivity index is 1.48. The fourth-order valence-corrected chi connectivity index (χ4v) is 3.63. The van der Waals surface area contributed by atoms with Gasteiger partial charge in [0, 0.05) is 31.2 Å². The summed E-state index contributed by atoms with van der Waals surface area (Å²) in [7, 11) is 0. The van der Waals surface area contributed by atoms with Crippen molar-refractivity contribution in [2.75, 3.05) is 0 Å². The van der Waals surface area contributed by atoms with Crippen molar-refractivity contribution in [1.29, 1.82) is 0 Å². The van der Waals surface area contributed by atoms with Crippen LogP contribution < -0.4 is 5.32 Å². The molecule has 0 unspecified atom stereocenters. The highest BCUT2D eigenvalue weighted by Gasteiger charge is 2.15. The summed E-state index contributed by atoms with van der Waals surface area (Å²) in [4.78, 5) is 21.5. The molecule has 0 saturated carbocycles. The maximum Gasteiger partial charge on any atom is 0.271 e. The summed E-state index contributed by atoms with van der Waals surface area (Å²) >= 11 is 6.26. The number of rotatable bonds is 6. The average Bonchev–Trinajstić information content (AvgIpc) is 3.31. The molecule has 3 heterocycles. The molecular formula is C23H23ClN6O. The van der Waals surface area contributed by atoms with E-state index in [2.05, 4.69) is 37.1 Å². The standard InChI is InChI=1S/C23H23ClN6O/c1-15-11-16(2)30(28-15)21-8-7-20(24)22(27-21)23(31)26-13-18-5-4-6-19(12-18)14-29-10-9-25-17(29)3/h4-12H,13-14H2,1-3H3,(H,26,31). The van der Waals surface area contributed by atoms with Crippen molar-refractivity contribution in [1.82, 2.24) is 29.6 Å². The molecule has 7 nitrogen and oxygen atoms in total. The van der Waals surface area contributed by atoms with Crippen LogP contribution in [0.5, 0.6) is 0 Å². The van der Waals surface area contributed by atoms with E-state index >= 15 is 0 Å². The Morgan fingerprint density at radius 1 is 1.10 bits per heavy atom. The summed E-state index contributed by atoms with van der Waals surface area (Å²) in [6.07, 6.45) is 3.74. The van der Waals surface area contributed by atoms with Gasteiger partial charge in [0.15, 0.2) is 5.82 Å². The monoisotopic (exact) mass is 434 g/mol. The topological polar surface area (TPSA) is 77.6 Å². The Morgan fingerprint density at radius 2 is 1.90 bits per heavy atom. The number of carbonyl (C=O) groups excluding carboxylic acids is 1.